The highest BCUT2D eigenvalue weighted by molar-refractivity contribution is 5.85. The summed E-state index contributed by atoms with van der Waals surface area (Å²) in [7, 11) is 1.67. The number of nitrogens with one attached hydrogen (secondary N) is 1. The van der Waals surface area contributed by atoms with Crippen LogP contribution in [0.3, 0.4) is 0 Å². The van der Waals surface area contributed by atoms with Gasteiger partial charge in [-0.2, -0.15) is 0 Å². The first-order chi connectivity index (χ1) is 10.8. The number of hydrogen-bond acceptors (Lipinski definition) is 3. The lowest BCUT2D eigenvalue weighted by atomic mass is 9.99. The summed E-state index contributed by atoms with van der Waals surface area (Å²) in [6.45, 7) is 5.33. The Morgan fingerprint density at radius 3 is 2.30 bits per heavy atom. The number of nitrogens with two attached hydrogens (primary N) is 1. The van der Waals surface area contributed by atoms with Gasteiger partial charge in [0.15, 0.2) is 0 Å². The predicted molar refractivity (Wildman–Crippen MR) is 93.3 cm³/mol. The zero-order valence-electron chi connectivity index (χ0n) is 14.1. The molecule has 0 aliphatic heterocycles. The molecule has 0 radical (unpaired) electrons. The van der Waals surface area contributed by atoms with Crippen molar-refractivity contribution in [1.82, 2.24) is 5.32 Å². The normalized spacial score (nSPS) is 12.6. The number of carbonyl (C=O) groups excluding carboxylic acids is 1. The first-order valence-electron chi connectivity index (χ1n) is 7.66. The number of hydrogen-bond donors (Lipinski definition) is 2. The number of para-hydroxylation sites is 1. The van der Waals surface area contributed by atoms with Crippen LogP contribution in [0.2, 0.25) is 0 Å². The second kappa shape index (κ2) is 6.84. The largest absolute Gasteiger partial charge is 0.496 e. The van der Waals surface area contributed by atoms with E-state index >= 15 is 0 Å². The van der Waals surface area contributed by atoms with Gasteiger partial charge in [-0.25, -0.2) is 0 Å². The van der Waals surface area contributed by atoms with Crippen LogP contribution < -0.4 is 15.8 Å². The summed E-state index contributed by atoms with van der Waals surface area (Å²) < 4.78 is 5.40. The molecule has 1 amide bonds. The molecule has 1 atom stereocenters. The summed E-state index contributed by atoms with van der Waals surface area (Å²) in [5, 5.41) is 2.93. The topological polar surface area (TPSA) is 64.3 Å². The zero-order chi connectivity index (χ0) is 17.0. The van der Waals surface area contributed by atoms with Crippen LogP contribution in [0.25, 0.3) is 11.1 Å². The summed E-state index contributed by atoms with van der Waals surface area (Å²) in [4.78, 5) is 12.0. The Bertz CT molecular complexity index is 673. The maximum absolute atomic E-state index is 12.0. The average Bonchev–Trinajstić information content (AvgIpc) is 2.54. The molecule has 122 valence electrons. The Kier molecular flexibility index (Phi) is 5.06. The van der Waals surface area contributed by atoms with Crippen LogP contribution in [0.1, 0.15) is 32.4 Å². The molecule has 4 nitrogen and oxygen atoms in total. The third kappa shape index (κ3) is 4.11. The van der Waals surface area contributed by atoms with Gasteiger partial charge >= 0.3 is 0 Å². The molecule has 2 aromatic rings. The van der Waals surface area contributed by atoms with Crippen molar-refractivity contribution in [2.75, 3.05) is 7.11 Å². The van der Waals surface area contributed by atoms with E-state index in [1.807, 2.05) is 55.5 Å². The van der Waals surface area contributed by atoms with Crippen LogP contribution >= 0.6 is 0 Å². The highest BCUT2D eigenvalue weighted by Gasteiger charge is 2.23. The maximum Gasteiger partial charge on any atom is 0.239 e. The quantitative estimate of drug-likeness (QED) is 0.890. The molecule has 23 heavy (non-hydrogen) atoms. The van der Waals surface area contributed by atoms with Gasteiger partial charge in [-0.1, -0.05) is 42.5 Å². The van der Waals surface area contributed by atoms with Gasteiger partial charge < -0.3 is 15.8 Å². The van der Waals surface area contributed by atoms with E-state index in [2.05, 4.69) is 5.32 Å². The molecule has 0 aliphatic rings. The molecule has 0 aliphatic carbocycles. The first kappa shape index (κ1) is 17.0. The third-order valence-corrected chi connectivity index (χ3v) is 3.76. The molecular weight excluding hydrogens is 288 g/mol. The number of methoxy groups -OCH3 is 1. The number of ether oxygens (including phenoxy) is 1. The van der Waals surface area contributed by atoms with Gasteiger partial charge in [-0.3, -0.25) is 4.79 Å². The van der Waals surface area contributed by atoms with Crippen LogP contribution in [-0.2, 0) is 4.79 Å². The van der Waals surface area contributed by atoms with E-state index in [4.69, 9.17) is 10.5 Å². The van der Waals surface area contributed by atoms with E-state index in [1.54, 1.807) is 21.0 Å². The van der Waals surface area contributed by atoms with E-state index in [0.717, 1.165) is 22.4 Å². The fourth-order valence-corrected chi connectivity index (χ4v) is 2.30. The van der Waals surface area contributed by atoms with Crippen LogP contribution in [0.4, 0.5) is 0 Å². The molecule has 0 saturated carbocycles. The monoisotopic (exact) mass is 312 g/mol. The summed E-state index contributed by atoms with van der Waals surface area (Å²) in [5.74, 6) is 0.672. The summed E-state index contributed by atoms with van der Waals surface area (Å²) in [6, 6.07) is 15.9. The van der Waals surface area contributed by atoms with Crippen molar-refractivity contribution in [2.45, 2.75) is 32.4 Å². The molecule has 0 saturated heterocycles. The summed E-state index contributed by atoms with van der Waals surface area (Å²) in [6.07, 6.45) is 0. The van der Waals surface area contributed by atoms with Gasteiger partial charge in [0.1, 0.15) is 5.75 Å². The molecule has 4 heteroatoms. The number of amides is 1. The summed E-state index contributed by atoms with van der Waals surface area (Å²) >= 11 is 0. The first-order valence-corrected chi connectivity index (χ1v) is 7.66. The van der Waals surface area contributed by atoms with Crippen molar-refractivity contribution in [3.63, 3.8) is 0 Å². The number of benzene rings is 2. The van der Waals surface area contributed by atoms with Crippen molar-refractivity contribution < 1.29 is 9.53 Å². The van der Waals surface area contributed by atoms with Crippen molar-refractivity contribution in [1.29, 1.82) is 0 Å². The van der Waals surface area contributed by atoms with Gasteiger partial charge in [0.05, 0.1) is 18.7 Å². The molecule has 0 bridgehead atoms. The minimum atomic E-state index is -0.883. The lowest BCUT2D eigenvalue weighted by Gasteiger charge is -2.22. The van der Waals surface area contributed by atoms with Gasteiger partial charge in [0.2, 0.25) is 5.91 Å². The second-order valence-electron chi connectivity index (χ2n) is 6.24. The Hall–Kier alpha value is -2.33. The lowest BCUT2D eigenvalue weighted by Crippen LogP contribution is -2.49. The van der Waals surface area contributed by atoms with Gasteiger partial charge in [-0.15, -0.1) is 0 Å². The number of rotatable bonds is 5. The lowest BCUT2D eigenvalue weighted by molar-refractivity contribution is -0.125. The Morgan fingerprint density at radius 2 is 1.74 bits per heavy atom. The molecular formula is C19H24N2O2. The SMILES string of the molecule is COc1ccccc1-c1ccc(C(C)NC(=O)C(C)(C)N)cc1. The molecule has 0 spiro atoms. The van der Waals surface area contributed by atoms with Crippen LogP contribution in [0, 0.1) is 0 Å². The summed E-state index contributed by atoms with van der Waals surface area (Å²) in [5.41, 5.74) is 8.07. The molecule has 1 unspecified atom stereocenters. The van der Waals surface area contributed by atoms with Crippen molar-refractivity contribution in [3.05, 3.63) is 54.1 Å². The minimum Gasteiger partial charge on any atom is -0.496 e. The van der Waals surface area contributed by atoms with Crippen molar-refractivity contribution in [3.8, 4) is 16.9 Å². The van der Waals surface area contributed by atoms with E-state index in [1.165, 1.54) is 0 Å². The fourth-order valence-electron chi connectivity index (χ4n) is 2.30. The van der Waals surface area contributed by atoms with E-state index in [0.29, 0.717) is 0 Å². The Balaban J connectivity index is 2.18. The van der Waals surface area contributed by atoms with E-state index in [-0.39, 0.29) is 11.9 Å². The second-order valence-corrected chi connectivity index (χ2v) is 6.24. The Labute approximate surface area is 137 Å². The van der Waals surface area contributed by atoms with Crippen molar-refractivity contribution >= 4 is 5.91 Å². The maximum atomic E-state index is 12.0. The van der Waals surface area contributed by atoms with Crippen LogP contribution in [0.5, 0.6) is 5.75 Å². The smallest absolute Gasteiger partial charge is 0.239 e. The zero-order valence-corrected chi connectivity index (χ0v) is 14.1. The highest BCUT2D eigenvalue weighted by atomic mass is 16.5. The van der Waals surface area contributed by atoms with Gasteiger partial charge in [0.25, 0.3) is 0 Å². The van der Waals surface area contributed by atoms with E-state index in [9.17, 15) is 4.79 Å². The number of carbonyl (C=O) groups is 1. The molecule has 3 N–H and O–H groups in total. The third-order valence-electron chi connectivity index (χ3n) is 3.76. The highest BCUT2D eigenvalue weighted by Crippen LogP contribution is 2.30. The molecule has 2 aromatic carbocycles. The molecule has 0 heterocycles. The van der Waals surface area contributed by atoms with Gasteiger partial charge in [-0.05, 0) is 38.0 Å². The molecule has 0 fully saturated rings. The minimum absolute atomic E-state index is 0.1000. The fraction of sp³-hybridized carbons (Fsp3) is 0.316. The average molecular weight is 312 g/mol. The van der Waals surface area contributed by atoms with Gasteiger partial charge in [0, 0.05) is 5.56 Å². The Morgan fingerprint density at radius 1 is 1.13 bits per heavy atom. The molecule has 2 rings (SSSR count). The van der Waals surface area contributed by atoms with Crippen molar-refractivity contribution in [2.24, 2.45) is 5.73 Å². The van der Waals surface area contributed by atoms with Crippen LogP contribution in [0.15, 0.2) is 48.5 Å². The van der Waals surface area contributed by atoms with Crippen LogP contribution in [-0.4, -0.2) is 18.6 Å². The molecule has 0 aromatic heterocycles. The standard InChI is InChI=1S/C19H24N2O2/c1-13(21-18(22)19(2,3)20)14-9-11-15(12-10-14)16-7-5-6-8-17(16)23-4/h5-13H,20H2,1-4H3,(H,21,22). The predicted octanol–water partition coefficient (Wildman–Crippen LogP) is 3.28. The van der Waals surface area contributed by atoms with E-state index < -0.39 is 5.54 Å².